The predicted octanol–water partition coefficient (Wildman–Crippen LogP) is 2.75. The van der Waals surface area contributed by atoms with Crippen LogP contribution in [0.15, 0.2) is 54.6 Å². The van der Waals surface area contributed by atoms with Crippen molar-refractivity contribution in [2.24, 2.45) is 0 Å². The van der Waals surface area contributed by atoms with Crippen LogP contribution in [0, 0.1) is 5.82 Å². The molecule has 2 atom stereocenters. The molecule has 0 aromatic heterocycles. The Balaban J connectivity index is 1.20. The van der Waals surface area contributed by atoms with Gasteiger partial charge in [-0.3, -0.25) is 14.5 Å². The molecule has 0 saturated carbocycles. The normalized spacial score (nSPS) is 22.7. The Morgan fingerprint density at radius 2 is 1.77 bits per heavy atom. The minimum Gasteiger partial charge on any atom is -0.351 e. The first kappa shape index (κ1) is 21.8. The summed E-state index contributed by atoms with van der Waals surface area (Å²) in [7, 11) is 0. The van der Waals surface area contributed by atoms with Gasteiger partial charge in [0.05, 0.1) is 5.25 Å². The van der Waals surface area contributed by atoms with E-state index in [1.54, 1.807) is 12.1 Å². The van der Waals surface area contributed by atoms with Crippen molar-refractivity contribution in [2.45, 2.75) is 43.1 Å². The number of likely N-dealkylation sites (tertiary alicyclic amines) is 1. The van der Waals surface area contributed by atoms with Crippen molar-refractivity contribution in [1.82, 2.24) is 15.5 Å². The minimum absolute atomic E-state index is 0.0948. The van der Waals surface area contributed by atoms with E-state index in [1.807, 2.05) is 6.07 Å². The topological polar surface area (TPSA) is 61.4 Å². The van der Waals surface area contributed by atoms with Gasteiger partial charge in [0.25, 0.3) is 0 Å². The molecule has 2 aliphatic rings. The maximum Gasteiger partial charge on any atom is 0.243 e. The lowest BCUT2D eigenvalue weighted by Crippen LogP contribution is -2.57. The van der Waals surface area contributed by atoms with Gasteiger partial charge in [0.2, 0.25) is 11.8 Å². The average molecular weight is 442 g/mol. The fourth-order valence-electron chi connectivity index (χ4n) is 4.10. The summed E-state index contributed by atoms with van der Waals surface area (Å²) in [5.41, 5.74) is 2.22. The molecule has 2 amide bonds. The highest BCUT2D eigenvalue weighted by Crippen LogP contribution is 2.23. The van der Waals surface area contributed by atoms with E-state index in [2.05, 4.69) is 39.8 Å². The molecule has 164 valence electrons. The van der Waals surface area contributed by atoms with Crippen molar-refractivity contribution in [3.8, 4) is 0 Å². The zero-order valence-electron chi connectivity index (χ0n) is 17.4. The molecule has 0 bridgehead atoms. The second-order valence-corrected chi connectivity index (χ2v) is 9.49. The van der Waals surface area contributed by atoms with Gasteiger partial charge < -0.3 is 10.6 Å². The average Bonchev–Trinajstić information content (AvgIpc) is 2.78. The van der Waals surface area contributed by atoms with Crippen molar-refractivity contribution in [3.05, 3.63) is 71.5 Å². The predicted molar refractivity (Wildman–Crippen MR) is 121 cm³/mol. The zero-order chi connectivity index (χ0) is 21.6. The lowest BCUT2D eigenvalue weighted by atomic mass is 10.0. The zero-order valence-corrected chi connectivity index (χ0v) is 18.2. The number of halogens is 1. The van der Waals surface area contributed by atoms with Gasteiger partial charge in [-0.05, 0) is 42.5 Å². The van der Waals surface area contributed by atoms with Gasteiger partial charge in [-0.2, -0.15) is 0 Å². The van der Waals surface area contributed by atoms with Gasteiger partial charge in [-0.1, -0.05) is 42.5 Å². The third-order valence-electron chi connectivity index (χ3n) is 5.91. The number of benzene rings is 2. The Labute approximate surface area is 186 Å². The van der Waals surface area contributed by atoms with Crippen LogP contribution in [0.3, 0.4) is 0 Å². The van der Waals surface area contributed by atoms with Gasteiger partial charge >= 0.3 is 0 Å². The summed E-state index contributed by atoms with van der Waals surface area (Å²) < 4.78 is 13.1. The number of amides is 2. The van der Waals surface area contributed by atoms with Crippen LogP contribution in [0.25, 0.3) is 0 Å². The standard InChI is InChI=1S/C24H28FN3O2S/c25-19-8-6-17(7-9-19)14-22-24(30)27-21(16-31-22)23(29)26-20-10-12-28(13-11-20)15-18-4-2-1-3-5-18/h1-9,20-22H,10-16H2,(H,26,29)(H,27,30). The fraction of sp³-hybridized carbons (Fsp3) is 0.417. The second-order valence-electron chi connectivity index (χ2n) is 8.26. The van der Waals surface area contributed by atoms with Crippen LogP contribution in [-0.2, 0) is 22.6 Å². The number of piperidine rings is 1. The minimum atomic E-state index is -0.496. The van der Waals surface area contributed by atoms with Crippen molar-refractivity contribution >= 4 is 23.6 Å². The quantitative estimate of drug-likeness (QED) is 0.724. The Morgan fingerprint density at radius 3 is 2.45 bits per heavy atom. The van der Waals surface area contributed by atoms with Gasteiger partial charge in [0.15, 0.2) is 0 Å². The number of rotatable bonds is 6. The molecule has 31 heavy (non-hydrogen) atoms. The summed E-state index contributed by atoms with van der Waals surface area (Å²) in [4.78, 5) is 27.6. The van der Waals surface area contributed by atoms with Crippen LogP contribution < -0.4 is 10.6 Å². The van der Waals surface area contributed by atoms with Gasteiger partial charge in [-0.25, -0.2) is 4.39 Å². The highest BCUT2D eigenvalue weighted by atomic mass is 32.2. The lowest BCUT2D eigenvalue weighted by Gasteiger charge is -2.34. The number of nitrogens with one attached hydrogen (secondary N) is 2. The third-order valence-corrected chi connectivity index (χ3v) is 7.22. The van der Waals surface area contributed by atoms with Crippen LogP contribution in [0.4, 0.5) is 4.39 Å². The van der Waals surface area contributed by atoms with E-state index in [0.29, 0.717) is 12.2 Å². The summed E-state index contributed by atoms with van der Waals surface area (Å²) in [6.45, 7) is 2.84. The van der Waals surface area contributed by atoms with Crippen LogP contribution >= 0.6 is 11.8 Å². The van der Waals surface area contributed by atoms with Crippen molar-refractivity contribution in [1.29, 1.82) is 0 Å². The van der Waals surface area contributed by atoms with Crippen LogP contribution in [0.2, 0.25) is 0 Å². The smallest absolute Gasteiger partial charge is 0.243 e. The summed E-state index contributed by atoms with van der Waals surface area (Å²) >= 11 is 1.50. The molecular weight excluding hydrogens is 413 g/mol. The molecule has 2 aliphatic heterocycles. The van der Waals surface area contributed by atoms with E-state index in [-0.39, 0.29) is 28.9 Å². The van der Waals surface area contributed by atoms with E-state index in [9.17, 15) is 14.0 Å². The van der Waals surface area contributed by atoms with Gasteiger partial charge in [0.1, 0.15) is 11.9 Å². The third kappa shape index (κ3) is 6.08. The van der Waals surface area contributed by atoms with E-state index in [4.69, 9.17) is 0 Å². The first-order valence-corrected chi connectivity index (χ1v) is 11.8. The number of carbonyl (C=O) groups is 2. The largest absolute Gasteiger partial charge is 0.351 e. The number of carbonyl (C=O) groups excluding carboxylic acids is 2. The molecular formula is C24H28FN3O2S. The summed E-state index contributed by atoms with van der Waals surface area (Å²) in [6.07, 6.45) is 2.37. The molecule has 2 aromatic rings. The van der Waals surface area contributed by atoms with Gasteiger partial charge in [0, 0.05) is 31.4 Å². The maximum absolute atomic E-state index is 13.1. The van der Waals surface area contributed by atoms with Crippen molar-refractivity contribution in [2.75, 3.05) is 18.8 Å². The number of nitrogens with zero attached hydrogens (tertiary/aromatic N) is 1. The molecule has 4 rings (SSSR count). The SMILES string of the molecule is O=C(NC1CCN(Cc2ccccc2)CC1)C1CSC(Cc2ccc(F)cc2)C(=O)N1. The summed E-state index contributed by atoms with van der Waals surface area (Å²) in [5, 5.41) is 5.75. The highest BCUT2D eigenvalue weighted by Gasteiger charge is 2.33. The lowest BCUT2D eigenvalue weighted by molar-refractivity contribution is -0.129. The van der Waals surface area contributed by atoms with Crippen molar-refractivity contribution < 1.29 is 14.0 Å². The van der Waals surface area contributed by atoms with Crippen LogP contribution in [0.1, 0.15) is 24.0 Å². The first-order chi connectivity index (χ1) is 15.1. The molecule has 5 nitrogen and oxygen atoms in total. The Bertz CT molecular complexity index is 885. The van der Waals surface area contributed by atoms with E-state index >= 15 is 0 Å². The van der Waals surface area contributed by atoms with Crippen LogP contribution in [0.5, 0.6) is 0 Å². The van der Waals surface area contributed by atoms with E-state index in [0.717, 1.165) is 38.0 Å². The maximum atomic E-state index is 13.1. The molecule has 0 aliphatic carbocycles. The number of hydrogen-bond donors (Lipinski definition) is 2. The molecule has 7 heteroatoms. The molecule has 2 fully saturated rings. The first-order valence-electron chi connectivity index (χ1n) is 10.8. The Morgan fingerprint density at radius 1 is 1.06 bits per heavy atom. The van der Waals surface area contributed by atoms with E-state index in [1.165, 1.54) is 29.5 Å². The molecule has 2 aromatic carbocycles. The summed E-state index contributed by atoms with van der Waals surface area (Å²) in [6, 6.07) is 16.3. The molecule has 0 spiro atoms. The number of thioether (sulfide) groups is 1. The monoisotopic (exact) mass is 441 g/mol. The van der Waals surface area contributed by atoms with E-state index < -0.39 is 6.04 Å². The molecule has 2 heterocycles. The van der Waals surface area contributed by atoms with Crippen LogP contribution in [-0.4, -0.2) is 52.9 Å². The Hall–Kier alpha value is -2.38. The molecule has 0 radical (unpaired) electrons. The summed E-state index contributed by atoms with van der Waals surface area (Å²) in [5.74, 6) is 0.0455. The molecule has 2 N–H and O–H groups in total. The fourth-order valence-corrected chi connectivity index (χ4v) is 5.29. The van der Waals surface area contributed by atoms with Crippen molar-refractivity contribution in [3.63, 3.8) is 0 Å². The number of hydrogen-bond acceptors (Lipinski definition) is 4. The second kappa shape index (κ2) is 10.3. The Kier molecular flexibility index (Phi) is 7.25. The van der Waals surface area contributed by atoms with Gasteiger partial charge in [-0.15, -0.1) is 11.8 Å². The highest BCUT2D eigenvalue weighted by molar-refractivity contribution is 8.00. The molecule has 2 unspecified atom stereocenters. The molecule has 2 saturated heterocycles.